The standard InChI is InChI=1S/C22H26FN5O3/c1-22(21(31)25-16-5-3-4-6-16)13-28-18(20(30)27(22)2)11-17(26-28)19(29)24-12-14-7-9-15(23)10-8-14/h7-11,16H,3-6,12-13H2,1-2H3,(H,24,29)(H,25,31)/t22-/m1/s1. The summed E-state index contributed by atoms with van der Waals surface area (Å²) >= 11 is 0. The van der Waals surface area contributed by atoms with E-state index in [9.17, 15) is 18.8 Å². The van der Waals surface area contributed by atoms with Crippen LogP contribution in [0.5, 0.6) is 0 Å². The van der Waals surface area contributed by atoms with Gasteiger partial charge in [0.15, 0.2) is 5.69 Å². The number of hydrogen-bond donors (Lipinski definition) is 2. The molecule has 4 rings (SSSR count). The molecule has 2 aliphatic rings. The van der Waals surface area contributed by atoms with E-state index in [1.807, 2.05) is 0 Å². The maximum absolute atomic E-state index is 13.0. The predicted octanol–water partition coefficient (Wildman–Crippen LogP) is 1.86. The summed E-state index contributed by atoms with van der Waals surface area (Å²) in [6, 6.07) is 7.39. The van der Waals surface area contributed by atoms with Crippen molar-refractivity contribution in [3.8, 4) is 0 Å². The van der Waals surface area contributed by atoms with Crippen LogP contribution in [0.2, 0.25) is 0 Å². The number of likely N-dealkylation sites (N-methyl/N-ethyl adjacent to an activating group) is 1. The van der Waals surface area contributed by atoms with Gasteiger partial charge in [-0.3, -0.25) is 19.1 Å². The fraction of sp³-hybridized carbons (Fsp3) is 0.455. The highest BCUT2D eigenvalue weighted by atomic mass is 19.1. The number of fused-ring (bicyclic) bond motifs is 1. The van der Waals surface area contributed by atoms with Gasteiger partial charge in [0, 0.05) is 25.7 Å². The van der Waals surface area contributed by atoms with Crippen LogP contribution in [0.1, 0.15) is 59.1 Å². The van der Waals surface area contributed by atoms with E-state index in [0.717, 1.165) is 31.2 Å². The zero-order valence-corrected chi connectivity index (χ0v) is 17.7. The van der Waals surface area contributed by atoms with Crippen molar-refractivity contribution >= 4 is 17.7 Å². The molecule has 1 aromatic heterocycles. The minimum Gasteiger partial charge on any atom is -0.351 e. The summed E-state index contributed by atoms with van der Waals surface area (Å²) in [4.78, 5) is 39.9. The molecule has 3 amide bonds. The molecule has 0 radical (unpaired) electrons. The third-order valence-corrected chi connectivity index (χ3v) is 6.28. The number of carbonyl (C=O) groups excluding carboxylic acids is 3. The lowest BCUT2D eigenvalue weighted by Gasteiger charge is -2.41. The highest BCUT2D eigenvalue weighted by molar-refractivity contribution is 6.01. The molecule has 0 spiro atoms. The number of amides is 3. The number of halogens is 1. The molecule has 8 nitrogen and oxygen atoms in total. The molecule has 2 heterocycles. The second kappa shape index (κ2) is 8.13. The quantitative estimate of drug-likeness (QED) is 0.761. The van der Waals surface area contributed by atoms with Gasteiger partial charge in [-0.15, -0.1) is 0 Å². The van der Waals surface area contributed by atoms with Crippen molar-refractivity contribution in [2.45, 2.75) is 57.3 Å². The first-order valence-corrected chi connectivity index (χ1v) is 10.5. The first kappa shape index (κ1) is 21.0. The topological polar surface area (TPSA) is 96.3 Å². The Balaban J connectivity index is 1.48. The van der Waals surface area contributed by atoms with Crippen LogP contribution >= 0.6 is 0 Å². The molecule has 31 heavy (non-hydrogen) atoms. The van der Waals surface area contributed by atoms with Gasteiger partial charge in [-0.1, -0.05) is 25.0 Å². The summed E-state index contributed by atoms with van der Waals surface area (Å²) in [5.41, 5.74) is 0.00571. The summed E-state index contributed by atoms with van der Waals surface area (Å²) in [5.74, 6) is -1.36. The lowest BCUT2D eigenvalue weighted by atomic mass is 9.95. The largest absolute Gasteiger partial charge is 0.351 e. The molecule has 0 bridgehead atoms. The SMILES string of the molecule is CN1C(=O)c2cc(C(=O)NCc3ccc(F)cc3)nn2C[C@]1(C)C(=O)NC1CCCC1. The molecule has 1 fully saturated rings. The van der Waals surface area contributed by atoms with Crippen molar-refractivity contribution in [1.29, 1.82) is 0 Å². The summed E-state index contributed by atoms with van der Waals surface area (Å²) in [7, 11) is 1.60. The van der Waals surface area contributed by atoms with Gasteiger partial charge in [-0.25, -0.2) is 4.39 Å². The summed E-state index contributed by atoms with van der Waals surface area (Å²) in [5, 5.41) is 10.1. The monoisotopic (exact) mass is 427 g/mol. The minimum atomic E-state index is -1.10. The Bertz CT molecular complexity index is 1010. The molecule has 1 aromatic carbocycles. The van der Waals surface area contributed by atoms with Gasteiger partial charge in [0.2, 0.25) is 5.91 Å². The fourth-order valence-corrected chi connectivity index (χ4v) is 4.12. The molecule has 1 saturated carbocycles. The van der Waals surface area contributed by atoms with Gasteiger partial charge in [0.1, 0.15) is 17.1 Å². The van der Waals surface area contributed by atoms with E-state index in [4.69, 9.17) is 0 Å². The normalized spacial score (nSPS) is 21.1. The van der Waals surface area contributed by atoms with E-state index in [2.05, 4.69) is 15.7 Å². The summed E-state index contributed by atoms with van der Waals surface area (Å²) in [6.45, 7) is 2.08. The van der Waals surface area contributed by atoms with Crippen LogP contribution in [0.25, 0.3) is 0 Å². The Morgan fingerprint density at radius 3 is 2.58 bits per heavy atom. The molecular weight excluding hydrogens is 401 g/mol. The average Bonchev–Trinajstić information content (AvgIpc) is 3.41. The van der Waals surface area contributed by atoms with Crippen molar-refractivity contribution in [1.82, 2.24) is 25.3 Å². The molecule has 2 aromatic rings. The van der Waals surface area contributed by atoms with Crippen LogP contribution < -0.4 is 10.6 Å². The molecule has 1 aliphatic heterocycles. The van der Waals surface area contributed by atoms with E-state index in [1.165, 1.54) is 27.8 Å². The zero-order chi connectivity index (χ0) is 22.2. The molecule has 9 heteroatoms. The fourth-order valence-electron chi connectivity index (χ4n) is 4.12. The number of nitrogens with zero attached hydrogens (tertiary/aromatic N) is 3. The molecule has 164 valence electrons. The maximum Gasteiger partial charge on any atom is 0.272 e. The highest BCUT2D eigenvalue weighted by Crippen LogP contribution is 2.27. The number of rotatable bonds is 5. The summed E-state index contributed by atoms with van der Waals surface area (Å²) in [6.07, 6.45) is 4.09. The van der Waals surface area contributed by atoms with Crippen LogP contribution in [-0.2, 0) is 17.9 Å². The van der Waals surface area contributed by atoms with E-state index < -0.39 is 11.4 Å². The number of hydrogen-bond acceptors (Lipinski definition) is 4. The second-order valence-electron chi connectivity index (χ2n) is 8.47. The number of nitrogens with one attached hydrogen (secondary N) is 2. The number of aromatic nitrogens is 2. The predicted molar refractivity (Wildman–Crippen MR) is 111 cm³/mol. The maximum atomic E-state index is 13.0. The lowest BCUT2D eigenvalue weighted by molar-refractivity contribution is -0.133. The lowest BCUT2D eigenvalue weighted by Crippen LogP contribution is -2.63. The second-order valence-corrected chi connectivity index (χ2v) is 8.47. The Labute approximate surface area is 179 Å². The van der Waals surface area contributed by atoms with Gasteiger partial charge in [-0.05, 0) is 37.5 Å². The van der Waals surface area contributed by atoms with E-state index in [1.54, 1.807) is 26.1 Å². The Morgan fingerprint density at radius 1 is 1.23 bits per heavy atom. The number of carbonyl (C=O) groups is 3. The molecule has 0 unspecified atom stereocenters. The van der Waals surface area contributed by atoms with Crippen LogP contribution in [0.15, 0.2) is 30.3 Å². The van der Waals surface area contributed by atoms with Crippen molar-refractivity contribution in [2.75, 3.05) is 7.05 Å². The van der Waals surface area contributed by atoms with Crippen molar-refractivity contribution in [2.24, 2.45) is 0 Å². The molecule has 2 N–H and O–H groups in total. The van der Waals surface area contributed by atoms with Crippen LogP contribution in [0.3, 0.4) is 0 Å². The van der Waals surface area contributed by atoms with Gasteiger partial charge < -0.3 is 15.5 Å². The smallest absolute Gasteiger partial charge is 0.272 e. The van der Waals surface area contributed by atoms with Crippen molar-refractivity contribution in [3.05, 3.63) is 53.1 Å². The van der Waals surface area contributed by atoms with Crippen LogP contribution in [0.4, 0.5) is 4.39 Å². The van der Waals surface area contributed by atoms with Gasteiger partial charge in [0.05, 0.1) is 6.54 Å². The zero-order valence-electron chi connectivity index (χ0n) is 17.7. The minimum absolute atomic E-state index is 0.0966. The summed E-state index contributed by atoms with van der Waals surface area (Å²) < 4.78 is 14.5. The Kier molecular flexibility index (Phi) is 5.51. The Hall–Kier alpha value is -3.23. The van der Waals surface area contributed by atoms with E-state index in [-0.39, 0.29) is 48.2 Å². The Morgan fingerprint density at radius 2 is 1.90 bits per heavy atom. The first-order chi connectivity index (χ1) is 14.8. The molecular formula is C22H26FN5O3. The van der Waals surface area contributed by atoms with E-state index >= 15 is 0 Å². The van der Waals surface area contributed by atoms with E-state index in [0.29, 0.717) is 0 Å². The van der Waals surface area contributed by atoms with Crippen molar-refractivity contribution < 1.29 is 18.8 Å². The first-order valence-electron chi connectivity index (χ1n) is 10.5. The van der Waals surface area contributed by atoms with Gasteiger partial charge in [0.25, 0.3) is 11.8 Å². The molecule has 1 aliphatic carbocycles. The van der Waals surface area contributed by atoms with Gasteiger partial charge in [-0.2, -0.15) is 5.10 Å². The van der Waals surface area contributed by atoms with Gasteiger partial charge >= 0.3 is 0 Å². The molecule has 1 atom stereocenters. The molecule has 0 saturated heterocycles. The van der Waals surface area contributed by atoms with Crippen LogP contribution in [0, 0.1) is 5.82 Å². The average molecular weight is 427 g/mol. The highest BCUT2D eigenvalue weighted by Gasteiger charge is 2.46. The van der Waals surface area contributed by atoms with Crippen molar-refractivity contribution in [3.63, 3.8) is 0 Å². The number of benzene rings is 1. The van der Waals surface area contributed by atoms with Crippen LogP contribution in [-0.4, -0.2) is 51.0 Å². The third-order valence-electron chi connectivity index (χ3n) is 6.28. The third kappa shape index (κ3) is 4.04.